The summed E-state index contributed by atoms with van der Waals surface area (Å²) in [5.41, 5.74) is 4.18. The maximum Gasteiger partial charge on any atom is 0.243 e. The third-order valence-electron chi connectivity index (χ3n) is 5.47. The lowest BCUT2D eigenvalue weighted by Gasteiger charge is -2.31. The third kappa shape index (κ3) is 4.65. The van der Waals surface area contributed by atoms with E-state index in [1.54, 1.807) is 6.07 Å². The zero-order valence-corrected chi connectivity index (χ0v) is 18.8. The molecule has 0 radical (unpaired) electrons. The largest absolute Gasteiger partial charge is 0.326 e. The number of hydrogen-bond donors (Lipinski definition) is 1. The van der Waals surface area contributed by atoms with Crippen molar-refractivity contribution in [1.82, 2.24) is 4.31 Å². The normalized spacial score (nSPS) is 16.0. The summed E-state index contributed by atoms with van der Waals surface area (Å²) >= 11 is 6.12. The molecular weight excluding hydrogens is 408 g/mol. The Morgan fingerprint density at radius 2 is 1.59 bits per heavy atom. The van der Waals surface area contributed by atoms with Crippen LogP contribution in [0.15, 0.2) is 35.2 Å². The molecular formula is C22H27ClN2O3S. The second-order valence-electron chi connectivity index (χ2n) is 7.86. The predicted molar refractivity (Wildman–Crippen MR) is 117 cm³/mol. The number of rotatable bonds is 4. The van der Waals surface area contributed by atoms with Crippen molar-refractivity contribution in [1.29, 1.82) is 0 Å². The van der Waals surface area contributed by atoms with Crippen LogP contribution in [0.1, 0.15) is 35.1 Å². The molecule has 0 aromatic heterocycles. The van der Waals surface area contributed by atoms with E-state index in [2.05, 4.69) is 5.32 Å². The number of carbonyl (C=O) groups excluding carboxylic acids is 1. The molecule has 5 nitrogen and oxygen atoms in total. The number of nitrogens with one attached hydrogen (secondary N) is 1. The molecule has 2 aromatic rings. The standard InChI is InChI=1S/C22H27ClN2O3S/c1-14-11-16(3)21(17(4)12-14)29(27,28)25-9-7-18(8-10-25)22(26)24-19-6-5-15(2)20(23)13-19/h5-6,11-13,18H,7-10H2,1-4H3,(H,24,26). The van der Waals surface area contributed by atoms with Crippen LogP contribution < -0.4 is 5.32 Å². The first-order valence-corrected chi connectivity index (χ1v) is 11.6. The van der Waals surface area contributed by atoms with Gasteiger partial charge in [0.25, 0.3) is 0 Å². The van der Waals surface area contributed by atoms with Gasteiger partial charge in [-0.05, 0) is 69.4 Å². The fourth-order valence-corrected chi connectivity index (χ4v) is 6.04. The van der Waals surface area contributed by atoms with E-state index >= 15 is 0 Å². The average molecular weight is 435 g/mol. The highest BCUT2D eigenvalue weighted by Gasteiger charge is 2.33. The van der Waals surface area contributed by atoms with Crippen molar-refractivity contribution in [3.8, 4) is 0 Å². The number of benzene rings is 2. The molecule has 1 fully saturated rings. The first-order valence-electron chi connectivity index (χ1n) is 9.74. The molecule has 0 atom stereocenters. The fourth-order valence-electron chi connectivity index (χ4n) is 3.98. The number of hydrogen-bond acceptors (Lipinski definition) is 3. The Bertz CT molecular complexity index is 1020. The zero-order valence-electron chi connectivity index (χ0n) is 17.3. The van der Waals surface area contributed by atoms with Crippen molar-refractivity contribution >= 4 is 33.2 Å². The van der Waals surface area contributed by atoms with Crippen molar-refractivity contribution in [2.24, 2.45) is 5.92 Å². The van der Waals surface area contributed by atoms with E-state index in [1.807, 2.05) is 52.0 Å². The molecule has 3 rings (SSSR count). The van der Waals surface area contributed by atoms with Crippen LogP contribution in [0.3, 0.4) is 0 Å². The van der Waals surface area contributed by atoms with E-state index in [9.17, 15) is 13.2 Å². The van der Waals surface area contributed by atoms with Gasteiger partial charge < -0.3 is 5.32 Å². The molecule has 0 unspecified atom stereocenters. The predicted octanol–water partition coefficient (Wildman–Crippen LogP) is 4.61. The number of nitrogens with zero attached hydrogens (tertiary/aromatic N) is 1. The molecule has 1 heterocycles. The van der Waals surface area contributed by atoms with Gasteiger partial charge in [0.05, 0.1) is 4.90 Å². The summed E-state index contributed by atoms with van der Waals surface area (Å²) in [6.07, 6.45) is 0.989. The fraction of sp³-hybridized carbons (Fsp3) is 0.409. The van der Waals surface area contributed by atoms with Crippen molar-refractivity contribution in [2.75, 3.05) is 18.4 Å². The summed E-state index contributed by atoms with van der Waals surface area (Å²) in [4.78, 5) is 13.0. The van der Waals surface area contributed by atoms with Gasteiger partial charge in [0, 0.05) is 29.7 Å². The first-order chi connectivity index (χ1) is 13.6. The van der Waals surface area contributed by atoms with Gasteiger partial charge in [0.2, 0.25) is 15.9 Å². The molecule has 156 valence electrons. The number of sulfonamides is 1. The summed E-state index contributed by atoms with van der Waals surface area (Å²) in [5, 5.41) is 3.50. The maximum absolute atomic E-state index is 13.2. The lowest BCUT2D eigenvalue weighted by atomic mass is 9.97. The lowest BCUT2D eigenvalue weighted by Crippen LogP contribution is -2.41. The van der Waals surface area contributed by atoms with E-state index < -0.39 is 10.0 Å². The van der Waals surface area contributed by atoms with E-state index in [0.29, 0.717) is 41.5 Å². The molecule has 1 aliphatic rings. The molecule has 0 aliphatic carbocycles. The van der Waals surface area contributed by atoms with Crippen LogP contribution in [0.2, 0.25) is 5.02 Å². The van der Waals surface area contributed by atoms with Crippen LogP contribution in [0.5, 0.6) is 0 Å². The second-order valence-corrected chi connectivity index (χ2v) is 10.1. The molecule has 1 amide bonds. The molecule has 0 bridgehead atoms. The van der Waals surface area contributed by atoms with Crippen LogP contribution in [0.25, 0.3) is 0 Å². The average Bonchev–Trinajstić information content (AvgIpc) is 2.63. The van der Waals surface area contributed by atoms with Gasteiger partial charge in [-0.3, -0.25) is 4.79 Å². The minimum Gasteiger partial charge on any atom is -0.326 e. The highest BCUT2D eigenvalue weighted by atomic mass is 35.5. The lowest BCUT2D eigenvalue weighted by molar-refractivity contribution is -0.120. The van der Waals surface area contributed by atoms with Gasteiger partial charge >= 0.3 is 0 Å². The Hall–Kier alpha value is -1.89. The highest BCUT2D eigenvalue weighted by Crippen LogP contribution is 2.29. The summed E-state index contributed by atoms with van der Waals surface area (Å²) in [6, 6.07) is 9.21. The summed E-state index contributed by atoms with van der Waals surface area (Å²) < 4.78 is 27.9. The van der Waals surface area contributed by atoms with Crippen LogP contribution in [-0.4, -0.2) is 31.7 Å². The molecule has 2 aromatic carbocycles. The SMILES string of the molecule is Cc1cc(C)c(S(=O)(=O)N2CCC(C(=O)Nc3ccc(C)c(Cl)c3)CC2)c(C)c1. The highest BCUT2D eigenvalue weighted by molar-refractivity contribution is 7.89. The number of aryl methyl sites for hydroxylation is 4. The molecule has 0 spiro atoms. The van der Waals surface area contributed by atoms with E-state index in [-0.39, 0.29) is 11.8 Å². The van der Waals surface area contributed by atoms with E-state index in [4.69, 9.17) is 11.6 Å². The molecule has 0 saturated carbocycles. The number of anilines is 1. The van der Waals surface area contributed by atoms with E-state index in [0.717, 1.165) is 22.3 Å². The van der Waals surface area contributed by atoms with Crippen molar-refractivity contribution in [2.45, 2.75) is 45.4 Å². The van der Waals surface area contributed by atoms with Crippen molar-refractivity contribution in [3.63, 3.8) is 0 Å². The van der Waals surface area contributed by atoms with Crippen LogP contribution in [0.4, 0.5) is 5.69 Å². The zero-order chi connectivity index (χ0) is 21.3. The molecule has 1 aliphatic heterocycles. The number of carbonyl (C=O) groups is 1. The Morgan fingerprint density at radius 3 is 2.14 bits per heavy atom. The van der Waals surface area contributed by atoms with Gasteiger partial charge in [-0.2, -0.15) is 4.31 Å². The maximum atomic E-state index is 13.2. The Kier molecular flexibility index (Phi) is 6.36. The van der Waals surface area contributed by atoms with E-state index in [1.165, 1.54) is 4.31 Å². The van der Waals surface area contributed by atoms with Crippen molar-refractivity contribution < 1.29 is 13.2 Å². The van der Waals surface area contributed by atoms with Gasteiger partial charge in [-0.15, -0.1) is 0 Å². The van der Waals surface area contributed by atoms with Gasteiger partial charge in [-0.25, -0.2) is 8.42 Å². The Morgan fingerprint density at radius 1 is 1.00 bits per heavy atom. The smallest absolute Gasteiger partial charge is 0.243 e. The molecule has 7 heteroatoms. The molecule has 29 heavy (non-hydrogen) atoms. The third-order valence-corrected chi connectivity index (χ3v) is 8.08. The number of piperidine rings is 1. The monoisotopic (exact) mass is 434 g/mol. The van der Waals surface area contributed by atoms with Crippen LogP contribution in [0, 0.1) is 33.6 Å². The van der Waals surface area contributed by atoms with Crippen LogP contribution >= 0.6 is 11.6 Å². The summed E-state index contributed by atoms with van der Waals surface area (Å²) in [6.45, 7) is 8.20. The van der Waals surface area contributed by atoms with Crippen molar-refractivity contribution in [3.05, 3.63) is 57.6 Å². The Balaban J connectivity index is 1.68. The minimum atomic E-state index is -3.57. The van der Waals surface area contributed by atoms with Gasteiger partial charge in [-0.1, -0.05) is 35.4 Å². The quantitative estimate of drug-likeness (QED) is 0.763. The summed E-state index contributed by atoms with van der Waals surface area (Å²) in [7, 11) is -3.57. The van der Waals surface area contributed by atoms with Gasteiger partial charge in [0.1, 0.15) is 0 Å². The second kappa shape index (κ2) is 8.46. The number of halogens is 1. The van der Waals surface area contributed by atoms with Gasteiger partial charge in [0.15, 0.2) is 0 Å². The minimum absolute atomic E-state index is 0.0929. The molecule has 1 saturated heterocycles. The number of amides is 1. The first kappa shape index (κ1) is 21.8. The van der Waals surface area contributed by atoms with Crippen LogP contribution in [-0.2, 0) is 14.8 Å². The Labute approximate surface area is 178 Å². The summed E-state index contributed by atoms with van der Waals surface area (Å²) in [5.74, 6) is -0.314. The topological polar surface area (TPSA) is 66.5 Å². The molecule has 1 N–H and O–H groups in total.